The molecule has 30 heavy (non-hydrogen) atoms. The lowest BCUT2D eigenvalue weighted by molar-refractivity contribution is -0.133. The van der Waals surface area contributed by atoms with Gasteiger partial charge in [-0.25, -0.2) is 8.42 Å². The number of likely N-dealkylation sites (tertiary alicyclic amines) is 1. The first-order valence-electron chi connectivity index (χ1n) is 10.4. The Bertz CT molecular complexity index is 940. The van der Waals surface area contributed by atoms with E-state index in [0.29, 0.717) is 36.1 Å². The maximum atomic E-state index is 13.3. The van der Waals surface area contributed by atoms with Crippen LogP contribution in [0.15, 0.2) is 54.6 Å². The largest absolute Gasteiger partial charge is 0.341 e. The molecule has 5 nitrogen and oxygen atoms in total. The Hall–Kier alpha value is -2.05. The third-order valence-electron chi connectivity index (χ3n) is 5.69. The molecule has 1 atom stereocenters. The molecule has 7 heteroatoms. The van der Waals surface area contributed by atoms with Crippen LogP contribution < -0.4 is 4.31 Å². The molecule has 1 aliphatic heterocycles. The zero-order chi connectivity index (χ0) is 21.7. The molecule has 0 bridgehead atoms. The molecule has 1 amide bonds. The van der Waals surface area contributed by atoms with Crippen molar-refractivity contribution in [2.24, 2.45) is 5.92 Å². The standard InChI is InChI=1S/C23H29ClN2O3S/c1-3-22(26(30(2,28)29)21-11-9-20(24)10-12-21)23(27)25-15-13-19(14-16-25)17-18-7-5-4-6-8-18/h4-12,19,22H,3,13-17H2,1-2H3/t22-/m1/s1. The molecule has 1 aliphatic rings. The van der Waals surface area contributed by atoms with Crippen molar-refractivity contribution in [1.82, 2.24) is 4.90 Å². The smallest absolute Gasteiger partial charge is 0.246 e. The molecule has 0 spiro atoms. The Morgan fingerprint density at radius 2 is 1.70 bits per heavy atom. The van der Waals surface area contributed by atoms with E-state index in [4.69, 9.17) is 11.6 Å². The number of rotatable bonds is 7. The van der Waals surface area contributed by atoms with Crippen LogP contribution in [0.5, 0.6) is 0 Å². The zero-order valence-electron chi connectivity index (χ0n) is 17.5. The van der Waals surface area contributed by atoms with Gasteiger partial charge in [0.1, 0.15) is 6.04 Å². The van der Waals surface area contributed by atoms with E-state index >= 15 is 0 Å². The van der Waals surface area contributed by atoms with Gasteiger partial charge in [0.05, 0.1) is 11.9 Å². The Morgan fingerprint density at radius 3 is 2.23 bits per heavy atom. The zero-order valence-corrected chi connectivity index (χ0v) is 19.1. The molecule has 162 valence electrons. The summed E-state index contributed by atoms with van der Waals surface area (Å²) in [5, 5.41) is 0.520. The van der Waals surface area contributed by atoms with E-state index in [1.54, 1.807) is 24.3 Å². The minimum atomic E-state index is -3.63. The van der Waals surface area contributed by atoms with E-state index in [1.165, 1.54) is 9.87 Å². The molecule has 1 heterocycles. The molecule has 0 N–H and O–H groups in total. The molecule has 0 aliphatic carbocycles. The number of carbonyl (C=O) groups excluding carboxylic acids is 1. The van der Waals surface area contributed by atoms with Gasteiger partial charge in [-0.15, -0.1) is 0 Å². The molecule has 0 unspecified atom stereocenters. The number of nitrogens with zero attached hydrogens (tertiary/aromatic N) is 2. The van der Waals surface area contributed by atoms with Gasteiger partial charge in [0.15, 0.2) is 0 Å². The number of benzene rings is 2. The lowest BCUT2D eigenvalue weighted by Crippen LogP contribution is -2.52. The van der Waals surface area contributed by atoms with Gasteiger partial charge in [0.2, 0.25) is 15.9 Å². The Kier molecular flexibility index (Phi) is 7.42. The number of carbonyl (C=O) groups is 1. The third kappa shape index (κ3) is 5.55. The van der Waals surface area contributed by atoms with Gasteiger partial charge in [-0.3, -0.25) is 9.10 Å². The van der Waals surface area contributed by atoms with Crippen LogP contribution in [0, 0.1) is 5.92 Å². The summed E-state index contributed by atoms with van der Waals surface area (Å²) in [5.74, 6) is 0.412. The number of amides is 1. The molecular formula is C23H29ClN2O3S. The minimum absolute atomic E-state index is 0.129. The monoisotopic (exact) mass is 448 g/mol. The van der Waals surface area contributed by atoms with Crippen molar-refractivity contribution in [3.63, 3.8) is 0 Å². The minimum Gasteiger partial charge on any atom is -0.341 e. The summed E-state index contributed by atoms with van der Waals surface area (Å²) in [4.78, 5) is 15.1. The average molecular weight is 449 g/mol. The highest BCUT2D eigenvalue weighted by Gasteiger charge is 2.35. The summed E-state index contributed by atoms with van der Waals surface area (Å²) >= 11 is 5.96. The summed E-state index contributed by atoms with van der Waals surface area (Å²) < 4.78 is 26.4. The predicted octanol–water partition coefficient (Wildman–Crippen LogP) is 4.37. The van der Waals surface area contributed by atoms with Gasteiger partial charge in [0, 0.05) is 18.1 Å². The topological polar surface area (TPSA) is 57.7 Å². The lowest BCUT2D eigenvalue weighted by Gasteiger charge is -2.37. The quantitative estimate of drug-likeness (QED) is 0.632. The second kappa shape index (κ2) is 9.84. The molecule has 3 rings (SSSR count). The maximum Gasteiger partial charge on any atom is 0.246 e. The van der Waals surface area contributed by atoms with Crippen molar-refractivity contribution >= 4 is 33.2 Å². The van der Waals surface area contributed by atoms with Crippen molar-refractivity contribution in [3.8, 4) is 0 Å². The summed E-state index contributed by atoms with van der Waals surface area (Å²) in [6.07, 6.45) is 4.41. The molecule has 0 saturated carbocycles. The van der Waals surface area contributed by atoms with Crippen LogP contribution in [0.4, 0.5) is 5.69 Å². The van der Waals surface area contributed by atoms with Crippen LogP contribution >= 0.6 is 11.6 Å². The van der Waals surface area contributed by atoms with Crippen LogP contribution in [0.2, 0.25) is 5.02 Å². The number of halogens is 1. The van der Waals surface area contributed by atoms with Gasteiger partial charge in [-0.1, -0.05) is 48.9 Å². The van der Waals surface area contributed by atoms with Crippen molar-refractivity contribution < 1.29 is 13.2 Å². The van der Waals surface area contributed by atoms with Gasteiger partial charge in [0.25, 0.3) is 0 Å². The first-order valence-corrected chi connectivity index (χ1v) is 12.6. The van der Waals surface area contributed by atoms with Crippen molar-refractivity contribution in [1.29, 1.82) is 0 Å². The maximum absolute atomic E-state index is 13.3. The molecule has 0 aromatic heterocycles. The molecule has 2 aromatic rings. The second-order valence-corrected chi connectivity index (χ2v) is 10.2. The second-order valence-electron chi connectivity index (χ2n) is 7.92. The fourth-order valence-electron chi connectivity index (χ4n) is 4.15. The van der Waals surface area contributed by atoms with Gasteiger partial charge >= 0.3 is 0 Å². The van der Waals surface area contributed by atoms with Crippen molar-refractivity contribution in [2.75, 3.05) is 23.7 Å². The Balaban J connectivity index is 1.71. The SMILES string of the molecule is CC[C@H](C(=O)N1CCC(Cc2ccccc2)CC1)N(c1ccc(Cl)cc1)S(C)(=O)=O. The molecule has 2 aromatic carbocycles. The number of hydrogen-bond donors (Lipinski definition) is 0. The third-order valence-corrected chi connectivity index (χ3v) is 7.12. The van der Waals surface area contributed by atoms with E-state index in [9.17, 15) is 13.2 Å². The average Bonchev–Trinajstić information content (AvgIpc) is 2.73. The predicted molar refractivity (Wildman–Crippen MR) is 122 cm³/mol. The van der Waals surface area contributed by atoms with E-state index in [2.05, 4.69) is 24.3 Å². The highest BCUT2D eigenvalue weighted by Crippen LogP contribution is 2.27. The molecule has 1 fully saturated rings. The first kappa shape index (κ1) is 22.6. The van der Waals surface area contributed by atoms with E-state index in [0.717, 1.165) is 25.5 Å². The molecular weight excluding hydrogens is 420 g/mol. The number of hydrogen-bond acceptors (Lipinski definition) is 3. The Labute approximate surface area is 184 Å². The molecule has 1 saturated heterocycles. The van der Waals surface area contributed by atoms with E-state index in [-0.39, 0.29) is 5.91 Å². The van der Waals surface area contributed by atoms with Gasteiger partial charge in [-0.2, -0.15) is 0 Å². The number of anilines is 1. The van der Waals surface area contributed by atoms with Crippen molar-refractivity contribution in [3.05, 3.63) is 65.2 Å². The summed E-state index contributed by atoms with van der Waals surface area (Å²) in [5.41, 5.74) is 1.78. The van der Waals surface area contributed by atoms with Crippen LogP contribution in [-0.4, -0.2) is 44.6 Å². The molecule has 0 radical (unpaired) electrons. The summed E-state index contributed by atoms with van der Waals surface area (Å²) in [6, 6.07) is 16.2. The number of sulfonamides is 1. The first-order chi connectivity index (χ1) is 14.3. The van der Waals surface area contributed by atoms with Crippen LogP contribution in [-0.2, 0) is 21.2 Å². The fraction of sp³-hybridized carbons (Fsp3) is 0.435. The van der Waals surface area contributed by atoms with Crippen molar-refractivity contribution in [2.45, 2.75) is 38.6 Å². The van der Waals surface area contributed by atoms with Crippen LogP contribution in [0.25, 0.3) is 0 Å². The van der Waals surface area contributed by atoms with Gasteiger partial charge in [-0.05, 0) is 61.4 Å². The summed E-state index contributed by atoms with van der Waals surface area (Å²) in [6.45, 7) is 3.16. The van der Waals surface area contributed by atoms with Crippen LogP contribution in [0.1, 0.15) is 31.7 Å². The Morgan fingerprint density at radius 1 is 1.10 bits per heavy atom. The normalized spacial score (nSPS) is 16.3. The highest BCUT2D eigenvalue weighted by molar-refractivity contribution is 7.92. The van der Waals surface area contributed by atoms with Gasteiger partial charge < -0.3 is 4.90 Å². The highest BCUT2D eigenvalue weighted by atomic mass is 35.5. The van der Waals surface area contributed by atoms with E-state index < -0.39 is 16.1 Å². The van der Waals surface area contributed by atoms with Crippen LogP contribution in [0.3, 0.4) is 0 Å². The van der Waals surface area contributed by atoms with E-state index in [1.807, 2.05) is 17.9 Å². The lowest BCUT2D eigenvalue weighted by atomic mass is 9.90. The fourth-order valence-corrected chi connectivity index (χ4v) is 5.48. The summed E-state index contributed by atoms with van der Waals surface area (Å²) in [7, 11) is -3.63. The number of piperidine rings is 1.